The predicted molar refractivity (Wildman–Crippen MR) is 92.6 cm³/mol. The number of rotatable bonds is 6. The van der Waals surface area contributed by atoms with Crippen LogP contribution >= 0.6 is 22.7 Å². The number of hydrogen-bond acceptors (Lipinski definition) is 7. The van der Waals surface area contributed by atoms with Gasteiger partial charge in [-0.05, 0) is 41.3 Å². The Morgan fingerprint density at radius 3 is 3.05 bits per heavy atom. The van der Waals surface area contributed by atoms with E-state index < -0.39 is 0 Å². The van der Waals surface area contributed by atoms with Gasteiger partial charge < -0.3 is 16.2 Å². The lowest BCUT2D eigenvalue weighted by Gasteiger charge is -2.06. The number of anilines is 1. The molecule has 1 atom stereocenters. The molecule has 3 aromatic heterocycles. The van der Waals surface area contributed by atoms with E-state index in [0.29, 0.717) is 6.42 Å². The molecule has 0 spiro atoms. The van der Waals surface area contributed by atoms with Crippen LogP contribution in [0.25, 0.3) is 10.2 Å². The number of nitrogens with zero attached hydrogens (tertiary/aromatic N) is 2. The Labute approximate surface area is 136 Å². The normalized spacial score (nSPS) is 12.7. The molecule has 5 nitrogen and oxygen atoms in total. The van der Waals surface area contributed by atoms with E-state index in [1.165, 1.54) is 5.56 Å². The third-order valence-electron chi connectivity index (χ3n) is 3.55. The van der Waals surface area contributed by atoms with Gasteiger partial charge >= 0.3 is 0 Å². The number of aromatic nitrogens is 2. The molecule has 116 valence electrons. The van der Waals surface area contributed by atoms with Gasteiger partial charge in [0.15, 0.2) is 0 Å². The highest BCUT2D eigenvalue weighted by Gasteiger charge is 2.15. The monoisotopic (exact) mass is 334 g/mol. The smallest absolute Gasteiger partial charge is 0.109 e. The minimum absolute atomic E-state index is 0.0113. The third-order valence-corrected chi connectivity index (χ3v) is 5.62. The summed E-state index contributed by atoms with van der Waals surface area (Å²) < 4.78 is 1.10. The molecule has 3 heterocycles. The van der Waals surface area contributed by atoms with Crippen LogP contribution in [-0.2, 0) is 13.0 Å². The van der Waals surface area contributed by atoms with Gasteiger partial charge in [-0.25, -0.2) is 0 Å². The zero-order valence-electron chi connectivity index (χ0n) is 12.2. The second-order valence-electron chi connectivity index (χ2n) is 5.22. The predicted octanol–water partition coefficient (Wildman–Crippen LogP) is 2.54. The lowest BCUT2D eigenvalue weighted by atomic mass is 10.1. The average molecular weight is 334 g/mol. The standard InChI is InChI=1S/C15H18N4OS2/c1-9-13(4-11(16)7-20)22-15-12(6-18-19-14(9)15)17-5-10-2-3-21-8-10/h2-3,6,8,11,20H,4-5,7,16H2,1H3,(H,17,19)/t11-/m1/s1. The Balaban J connectivity index is 1.89. The summed E-state index contributed by atoms with van der Waals surface area (Å²) in [6, 6.07) is 1.87. The lowest BCUT2D eigenvalue weighted by molar-refractivity contribution is 0.265. The number of fused-ring (bicyclic) bond motifs is 1. The number of nitrogens with two attached hydrogens (primary N) is 1. The van der Waals surface area contributed by atoms with E-state index in [0.717, 1.165) is 32.9 Å². The highest BCUT2D eigenvalue weighted by Crippen LogP contribution is 2.34. The van der Waals surface area contributed by atoms with Crippen LogP contribution in [0.4, 0.5) is 5.69 Å². The molecule has 0 aliphatic carbocycles. The maximum absolute atomic E-state index is 9.15. The summed E-state index contributed by atoms with van der Waals surface area (Å²) in [6.45, 7) is 2.80. The van der Waals surface area contributed by atoms with Crippen molar-refractivity contribution in [1.29, 1.82) is 0 Å². The largest absolute Gasteiger partial charge is 0.395 e. The maximum atomic E-state index is 9.15. The fraction of sp³-hybridized carbons (Fsp3) is 0.333. The molecular formula is C15H18N4OS2. The van der Waals surface area contributed by atoms with Crippen molar-refractivity contribution in [3.63, 3.8) is 0 Å². The van der Waals surface area contributed by atoms with Gasteiger partial charge in [-0.15, -0.1) is 16.4 Å². The van der Waals surface area contributed by atoms with Crippen molar-refractivity contribution in [2.45, 2.75) is 25.9 Å². The van der Waals surface area contributed by atoms with E-state index in [9.17, 15) is 0 Å². The lowest BCUT2D eigenvalue weighted by Crippen LogP contribution is -2.26. The molecule has 0 saturated heterocycles. The Hall–Kier alpha value is -1.54. The number of aliphatic hydroxyl groups excluding tert-OH is 1. The van der Waals surface area contributed by atoms with Crippen molar-refractivity contribution < 1.29 is 5.11 Å². The van der Waals surface area contributed by atoms with E-state index in [1.807, 2.05) is 6.92 Å². The van der Waals surface area contributed by atoms with E-state index in [1.54, 1.807) is 28.9 Å². The Bertz CT molecular complexity index is 754. The van der Waals surface area contributed by atoms with Gasteiger partial charge in [0, 0.05) is 17.5 Å². The van der Waals surface area contributed by atoms with Crippen LogP contribution in [0, 0.1) is 6.92 Å². The molecule has 0 aliphatic heterocycles. The van der Waals surface area contributed by atoms with Gasteiger partial charge in [-0.2, -0.15) is 16.4 Å². The van der Waals surface area contributed by atoms with Crippen LogP contribution in [0.5, 0.6) is 0 Å². The summed E-state index contributed by atoms with van der Waals surface area (Å²) in [5.41, 5.74) is 10.1. The molecular weight excluding hydrogens is 316 g/mol. The summed E-state index contributed by atoms with van der Waals surface area (Å²) in [4.78, 5) is 1.16. The molecule has 3 aromatic rings. The van der Waals surface area contributed by atoms with E-state index >= 15 is 0 Å². The summed E-state index contributed by atoms with van der Waals surface area (Å²) >= 11 is 3.37. The first kappa shape index (κ1) is 15.4. The molecule has 0 aliphatic rings. The number of hydrogen-bond donors (Lipinski definition) is 3. The Kier molecular flexibility index (Phi) is 4.68. The van der Waals surface area contributed by atoms with Crippen molar-refractivity contribution in [2.75, 3.05) is 11.9 Å². The Morgan fingerprint density at radius 1 is 1.45 bits per heavy atom. The van der Waals surface area contributed by atoms with Crippen LogP contribution < -0.4 is 11.1 Å². The molecule has 0 unspecified atom stereocenters. The van der Waals surface area contributed by atoms with Crippen molar-refractivity contribution in [3.8, 4) is 0 Å². The summed E-state index contributed by atoms with van der Waals surface area (Å²) in [5.74, 6) is 0. The van der Waals surface area contributed by atoms with Crippen molar-refractivity contribution in [1.82, 2.24) is 10.2 Å². The maximum Gasteiger partial charge on any atom is 0.109 e. The first-order valence-electron chi connectivity index (χ1n) is 7.04. The minimum Gasteiger partial charge on any atom is -0.395 e. The fourth-order valence-corrected chi connectivity index (χ4v) is 4.26. The van der Waals surface area contributed by atoms with Crippen LogP contribution in [0.3, 0.4) is 0 Å². The van der Waals surface area contributed by atoms with E-state index in [-0.39, 0.29) is 12.6 Å². The number of aliphatic hydroxyl groups is 1. The SMILES string of the molecule is Cc1c(C[C@@H](N)CO)sc2c(NCc3ccsc3)cnnc12. The molecule has 7 heteroatoms. The molecule has 0 saturated carbocycles. The first-order chi connectivity index (χ1) is 10.7. The van der Waals surface area contributed by atoms with Gasteiger partial charge in [0.05, 0.1) is 23.2 Å². The van der Waals surface area contributed by atoms with Gasteiger partial charge in [0.1, 0.15) is 5.52 Å². The van der Waals surface area contributed by atoms with E-state index in [2.05, 4.69) is 32.3 Å². The van der Waals surface area contributed by atoms with Gasteiger partial charge in [-0.1, -0.05) is 0 Å². The molecule has 0 fully saturated rings. The van der Waals surface area contributed by atoms with Crippen LogP contribution in [0.2, 0.25) is 0 Å². The minimum atomic E-state index is -0.234. The summed E-state index contributed by atoms with van der Waals surface area (Å²) in [6.07, 6.45) is 2.42. The number of nitrogens with one attached hydrogen (secondary N) is 1. The second kappa shape index (κ2) is 6.70. The molecule has 3 rings (SSSR count). The Morgan fingerprint density at radius 2 is 2.32 bits per heavy atom. The molecule has 22 heavy (non-hydrogen) atoms. The molecule has 0 bridgehead atoms. The average Bonchev–Trinajstić information content (AvgIpc) is 3.15. The van der Waals surface area contributed by atoms with Crippen molar-refractivity contribution in [3.05, 3.63) is 39.0 Å². The zero-order valence-corrected chi connectivity index (χ0v) is 13.9. The quantitative estimate of drug-likeness (QED) is 0.645. The van der Waals surface area contributed by atoms with Crippen LogP contribution in [0.15, 0.2) is 23.0 Å². The van der Waals surface area contributed by atoms with Crippen LogP contribution in [-0.4, -0.2) is 28.0 Å². The summed E-state index contributed by atoms with van der Waals surface area (Å²) in [5, 5.41) is 25.1. The topological polar surface area (TPSA) is 84.1 Å². The second-order valence-corrected chi connectivity index (χ2v) is 7.10. The number of thiophene rings is 2. The first-order valence-corrected chi connectivity index (χ1v) is 8.80. The summed E-state index contributed by atoms with van der Waals surface area (Å²) in [7, 11) is 0. The van der Waals surface area contributed by atoms with Gasteiger partial charge in [0.2, 0.25) is 0 Å². The molecule has 0 aromatic carbocycles. The number of aryl methyl sites for hydroxylation is 1. The highest BCUT2D eigenvalue weighted by molar-refractivity contribution is 7.19. The molecule has 0 amide bonds. The van der Waals surface area contributed by atoms with Crippen LogP contribution in [0.1, 0.15) is 16.0 Å². The molecule has 0 radical (unpaired) electrons. The highest BCUT2D eigenvalue weighted by atomic mass is 32.1. The fourth-order valence-electron chi connectivity index (χ4n) is 2.27. The van der Waals surface area contributed by atoms with Crippen molar-refractivity contribution >= 4 is 38.6 Å². The van der Waals surface area contributed by atoms with E-state index in [4.69, 9.17) is 10.8 Å². The van der Waals surface area contributed by atoms with Gasteiger partial charge in [0.25, 0.3) is 0 Å². The van der Waals surface area contributed by atoms with Gasteiger partial charge in [-0.3, -0.25) is 0 Å². The molecule has 4 N–H and O–H groups in total. The van der Waals surface area contributed by atoms with Crippen molar-refractivity contribution in [2.24, 2.45) is 5.73 Å². The third kappa shape index (κ3) is 3.12. The zero-order chi connectivity index (χ0) is 15.5.